The van der Waals surface area contributed by atoms with E-state index >= 15 is 0 Å². The van der Waals surface area contributed by atoms with E-state index in [2.05, 4.69) is 5.32 Å². The predicted molar refractivity (Wildman–Crippen MR) is 34.0 cm³/mol. The van der Waals surface area contributed by atoms with E-state index in [1.807, 2.05) is 14.0 Å². The van der Waals surface area contributed by atoms with Gasteiger partial charge >= 0.3 is 0 Å². The summed E-state index contributed by atoms with van der Waals surface area (Å²) >= 11 is 0. The molecule has 0 saturated carbocycles. The van der Waals surface area contributed by atoms with Crippen molar-refractivity contribution in [2.24, 2.45) is 5.92 Å². The average Bonchev–Trinajstić information content (AvgIpc) is 2.64. The molecule has 0 radical (unpaired) electrons. The Morgan fingerprint density at radius 2 is 2.44 bits per heavy atom. The van der Waals surface area contributed by atoms with E-state index in [-0.39, 0.29) is 24.9 Å². The van der Waals surface area contributed by atoms with Crippen LogP contribution < -0.4 is 5.32 Å². The highest BCUT2D eigenvalue weighted by Crippen LogP contribution is 2.26. The van der Waals surface area contributed by atoms with E-state index < -0.39 is 0 Å². The highest BCUT2D eigenvalue weighted by molar-refractivity contribution is 4.85. The van der Waals surface area contributed by atoms with Crippen LogP contribution in [0.1, 0.15) is 6.92 Å². The Kier molecular flexibility index (Phi) is 2.05. The van der Waals surface area contributed by atoms with Gasteiger partial charge in [0, 0.05) is 12.5 Å². The van der Waals surface area contributed by atoms with Gasteiger partial charge in [-0.05, 0) is 7.05 Å². The molecule has 9 heavy (non-hydrogen) atoms. The molecule has 1 rings (SSSR count). The maximum atomic E-state index is 8.65. The standard InChI is InChI=1S/C6H13NO2/c1-4(3-8)5-6(7-2)9-5/h4-8H,3H2,1-2H3. The van der Waals surface area contributed by atoms with E-state index in [9.17, 15) is 0 Å². The molecule has 1 heterocycles. The molecular weight excluding hydrogens is 118 g/mol. The lowest BCUT2D eigenvalue weighted by Gasteiger charge is -2.00. The lowest BCUT2D eigenvalue weighted by atomic mass is 10.1. The van der Waals surface area contributed by atoms with Gasteiger partial charge in [-0.2, -0.15) is 0 Å². The normalized spacial score (nSPS) is 36.3. The zero-order valence-corrected chi connectivity index (χ0v) is 5.79. The topological polar surface area (TPSA) is 44.8 Å². The van der Waals surface area contributed by atoms with Gasteiger partial charge in [0.1, 0.15) is 12.3 Å². The van der Waals surface area contributed by atoms with Crippen molar-refractivity contribution in [2.75, 3.05) is 13.7 Å². The number of ether oxygens (including phenoxy) is 1. The van der Waals surface area contributed by atoms with Crippen LogP contribution in [0, 0.1) is 5.92 Å². The highest BCUT2D eigenvalue weighted by Gasteiger charge is 2.41. The first-order valence-corrected chi connectivity index (χ1v) is 3.23. The van der Waals surface area contributed by atoms with Gasteiger partial charge in [-0.25, -0.2) is 0 Å². The molecule has 3 heteroatoms. The molecule has 0 aromatic rings. The van der Waals surface area contributed by atoms with Crippen LogP contribution in [0.2, 0.25) is 0 Å². The van der Waals surface area contributed by atoms with E-state index in [0.717, 1.165) is 0 Å². The minimum atomic E-state index is 0.187. The fraction of sp³-hybridized carbons (Fsp3) is 1.00. The van der Waals surface area contributed by atoms with Gasteiger partial charge in [0.15, 0.2) is 0 Å². The maximum Gasteiger partial charge on any atom is 0.135 e. The molecule has 2 N–H and O–H groups in total. The third-order valence-electron chi connectivity index (χ3n) is 1.66. The van der Waals surface area contributed by atoms with Gasteiger partial charge in [0.25, 0.3) is 0 Å². The number of aliphatic hydroxyl groups excluding tert-OH is 1. The minimum Gasteiger partial charge on any atom is -0.396 e. The van der Waals surface area contributed by atoms with Crippen LogP contribution in [-0.2, 0) is 4.74 Å². The van der Waals surface area contributed by atoms with E-state index in [1.165, 1.54) is 0 Å². The van der Waals surface area contributed by atoms with Gasteiger partial charge < -0.3 is 9.84 Å². The zero-order valence-electron chi connectivity index (χ0n) is 5.79. The third kappa shape index (κ3) is 1.41. The minimum absolute atomic E-state index is 0.187. The fourth-order valence-electron chi connectivity index (χ4n) is 0.893. The summed E-state index contributed by atoms with van der Waals surface area (Å²) in [6.45, 7) is 2.19. The molecule has 1 saturated heterocycles. The summed E-state index contributed by atoms with van der Waals surface area (Å²) in [7, 11) is 1.86. The Morgan fingerprint density at radius 1 is 1.78 bits per heavy atom. The number of hydrogen-bond acceptors (Lipinski definition) is 3. The molecule has 0 spiro atoms. The Balaban J connectivity index is 2.17. The van der Waals surface area contributed by atoms with E-state index in [0.29, 0.717) is 0 Å². The summed E-state index contributed by atoms with van der Waals surface area (Å²) < 4.78 is 5.15. The molecule has 54 valence electrons. The summed E-state index contributed by atoms with van der Waals surface area (Å²) in [6.07, 6.45) is 0.423. The molecule has 0 aliphatic carbocycles. The van der Waals surface area contributed by atoms with Gasteiger partial charge in [0.2, 0.25) is 0 Å². The number of hydrogen-bond donors (Lipinski definition) is 2. The smallest absolute Gasteiger partial charge is 0.135 e. The highest BCUT2D eigenvalue weighted by atomic mass is 16.6. The first-order chi connectivity index (χ1) is 4.29. The monoisotopic (exact) mass is 131 g/mol. The summed E-state index contributed by atoms with van der Waals surface area (Å²) in [5.41, 5.74) is 0. The Labute approximate surface area is 55.0 Å². The zero-order chi connectivity index (χ0) is 6.85. The van der Waals surface area contributed by atoms with Crippen LogP contribution in [0.15, 0.2) is 0 Å². The molecule has 0 aromatic carbocycles. The van der Waals surface area contributed by atoms with E-state index in [1.54, 1.807) is 0 Å². The third-order valence-corrected chi connectivity index (χ3v) is 1.66. The molecule has 3 nitrogen and oxygen atoms in total. The molecular formula is C6H13NO2. The van der Waals surface area contributed by atoms with Gasteiger partial charge in [0.05, 0.1) is 0 Å². The first-order valence-electron chi connectivity index (χ1n) is 3.23. The summed E-state index contributed by atoms with van der Waals surface area (Å²) in [6, 6.07) is 0. The quantitative estimate of drug-likeness (QED) is 0.510. The molecule has 3 unspecified atom stereocenters. The van der Waals surface area contributed by atoms with Crippen LogP contribution in [0.25, 0.3) is 0 Å². The van der Waals surface area contributed by atoms with Gasteiger partial charge in [-0.3, -0.25) is 5.32 Å². The van der Waals surface area contributed by atoms with Crippen molar-refractivity contribution in [2.45, 2.75) is 19.3 Å². The number of epoxide rings is 1. The summed E-state index contributed by atoms with van der Waals surface area (Å²) in [5.74, 6) is 0.266. The van der Waals surface area contributed by atoms with Gasteiger partial charge in [-0.1, -0.05) is 6.92 Å². The van der Waals surface area contributed by atoms with Crippen LogP contribution in [0.4, 0.5) is 0 Å². The Bertz CT molecular complexity index is 97.1. The first kappa shape index (κ1) is 6.99. The second kappa shape index (κ2) is 2.64. The molecule has 3 atom stereocenters. The molecule has 0 amide bonds. The molecule has 1 aliphatic rings. The second-order valence-electron chi connectivity index (χ2n) is 2.47. The lowest BCUT2D eigenvalue weighted by molar-refractivity contribution is 0.204. The Hall–Kier alpha value is -0.120. The van der Waals surface area contributed by atoms with Crippen LogP contribution in [0.5, 0.6) is 0 Å². The van der Waals surface area contributed by atoms with Gasteiger partial charge in [-0.15, -0.1) is 0 Å². The average molecular weight is 131 g/mol. The lowest BCUT2D eigenvalue weighted by Crippen LogP contribution is -2.19. The Morgan fingerprint density at radius 3 is 2.78 bits per heavy atom. The maximum absolute atomic E-state index is 8.65. The van der Waals surface area contributed by atoms with E-state index in [4.69, 9.17) is 9.84 Å². The molecule has 0 aromatic heterocycles. The summed E-state index contributed by atoms with van der Waals surface area (Å²) in [4.78, 5) is 0. The fourth-order valence-corrected chi connectivity index (χ4v) is 0.893. The van der Waals surface area contributed by atoms with Crippen LogP contribution >= 0.6 is 0 Å². The SMILES string of the molecule is CNC1OC1C(C)CO. The van der Waals surface area contributed by atoms with Crippen LogP contribution in [-0.4, -0.2) is 31.1 Å². The molecule has 1 aliphatic heterocycles. The molecule has 0 bridgehead atoms. The summed E-state index contributed by atoms with van der Waals surface area (Å²) in [5, 5.41) is 11.6. The predicted octanol–water partition coefficient (Wildman–Crippen LogP) is -0.441. The largest absolute Gasteiger partial charge is 0.396 e. The van der Waals surface area contributed by atoms with Crippen molar-refractivity contribution >= 4 is 0 Å². The number of rotatable bonds is 3. The van der Waals surface area contributed by atoms with Crippen molar-refractivity contribution in [3.8, 4) is 0 Å². The van der Waals surface area contributed by atoms with Crippen molar-refractivity contribution < 1.29 is 9.84 Å². The van der Waals surface area contributed by atoms with Crippen molar-refractivity contribution in [3.05, 3.63) is 0 Å². The number of likely N-dealkylation sites (N-methyl/N-ethyl adjacent to an activating group) is 1. The van der Waals surface area contributed by atoms with Crippen molar-refractivity contribution in [1.82, 2.24) is 5.32 Å². The number of aliphatic hydroxyl groups is 1. The number of nitrogens with one attached hydrogen (secondary N) is 1. The van der Waals surface area contributed by atoms with Crippen molar-refractivity contribution in [3.63, 3.8) is 0 Å². The van der Waals surface area contributed by atoms with Crippen LogP contribution in [0.3, 0.4) is 0 Å². The molecule has 1 fully saturated rings. The second-order valence-corrected chi connectivity index (χ2v) is 2.47. The van der Waals surface area contributed by atoms with Crippen molar-refractivity contribution in [1.29, 1.82) is 0 Å².